The molecule has 0 unspecified atom stereocenters. The fourth-order valence-electron chi connectivity index (χ4n) is 3.63. The molecular weight excluding hydrogens is 370 g/mol. The average molecular weight is 400 g/mol. The predicted molar refractivity (Wildman–Crippen MR) is 125 cm³/mol. The molecule has 2 aromatic carbocycles. The molecule has 0 atom stereocenters. The maximum atomic E-state index is 4.76. The maximum absolute atomic E-state index is 4.76. The van der Waals surface area contributed by atoms with Crippen LogP contribution in [0.5, 0.6) is 0 Å². The minimum absolute atomic E-state index is 0.796. The molecule has 0 radical (unpaired) electrons. The highest BCUT2D eigenvalue weighted by atomic mass is 15.3. The summed E-state index contributed by atoms with van der Waals surface area (Å²) < 4.78 is 0. The van der Waals surface area contributed by atoms with Crippen LogP contribution in [-0.4, -0.2) is 47.6 Å². The zero-order chi connectivity index (χ0) is 20.8. The van der Waals surface area contributed by atoms with Gasteiger partial charge in [0.25, 0.3) is 0 Å². The second-order valence-electron chi connectivity index (χ2n) is 7.72. The maximum Gasteiger partial charge on any atom is 0.227 e. The van der Waals surface area contributed by atoms with Gasteiger partial charge in [-0.15, -0.1) is 0 Å². The second kappa shape index (κ2) is 9.55. The number of aromatic nitrogens is 2. The lowest BCUT2D eigenvalue weighted by Crippen LogP contribution is -2.46. The zero-order valence-electron chi connectivity index (χ0n) is 17.8. The Kier molecular flexibility index (Phi) is 6.40. The first-order chi connectivity index (χ1) is 14.7. The topological polar surface area (TPSA) is 44.3 Å². The summed E-state index contributed by atoms with van der Waals surface area (Å²) in [5, 5.41) is 3.45. The first-order valence-corrected chi connectivity index (χ1v) is 10.5. The summed E-state index contributed by atoms with van der Waals surface area (Å²) >= 11 is 0. The van der Waals surface area contributed by atoms with Gasteiger partial charge in [-0.1, -0.05) is 54.6 Å². The van der Waals surface area contributed by atoms with Crippen LogP contribution in [0.4, 0.5) is 17.5 Å². The number of hydrogen-bond acceptors (Lipinski definition) is 5. The minimum atomic E-state index is 0.796. The van der Waals surface area contributed by atoms with E-state index in [0.717, 1.165) is 50.2 Å². The van der Waals surface area contributed by atoms with Crippen LogP contribution in [0.2, 0.25) is 0 Å². The van der Waals surface area contributed by atoms with Crippen molar-refractivity contribution in [3.8, 4) is 0 Å². The summed E-state index contributed by atoms with van der Waals surface area (Å²) in [5.41, 5.74) is 4.86. The number of benzene rings is 2. The van der Waals surface area contributed by atoms with Crippen LogP contribution in [0.3, 0.4) is 0 Å². The van der Waals surface area contributed by atoms with E-state index in [1.54, 1.807) is 0 Å². The van der Waals surface area contributed by atoms with E-state index in [0.29, 0.717) is 0 Å². The summed E-state index contributed by atoms with van der Waals surface area (Å²) in [7, 11) is 0. The van der Waals surface area contributed by atoms with Gasteiger partial charge in [0.1, 0.15) is 5.82 Å². The van der Waals surface area contributed by atoms with Crippen molar-refractivity contribution in [2.24, 2.45) is 0 Å². The fourth-order valence-corrected chi connectivity index (χ4v) is 3.63. The first-order valence-electron chi connectivity index (χ1n) is 10.5. The number of aryl methyl sites for hydroxylation is 1. The minimum Gasteiger partial charge on any atom is -0.340 e. The molecule has 1 aromatic heterocycles. The number of hydrogen-bond donors (Lipinski definition) is 1. The van der Waals surface area contributed by atoms with Gasteiger partial charge < -0.3 is 10.2 Å². The smallest absolute Gasteiger partial charge is 0.227 e. The molecule has 3 aromatic rings. The molecule has 2 heterocycles. The van der Waals surface area contributed by atoms with E-state index in [1.807, 2.05) is 18.3 Å². The van der Waals surface area contributed by atoms with Gasteiger partial charge in [-0.25, -0.2) is 4.98 Å². The normalized spacial score (nSPS) is 14.9. The molecule has 1 aliphatic rings. The number of nitrogens with one attached hydrogen (secondary N) is 1. The molecule has 30 heavy (non-hydrogen) atoms. The largest absolute Gasteiger partial charge is 0.340 e. The van der Waals surface area contributed by atoms with Crippen LogP contribution in [0, 0.1) is 13.8 Å². The van der Waals surface area contributed by atoms with Crippen LogP contribution in [-0.2, 0) is 0 Å². The lowest BCUT2D eigenvalue weighted by atomic mass is 10.1. The lowest BCUT2D eigenvalue weighted by Gasteiger charge is -2.34. The Morgan fingerprint density at radius 2 is 1.73 bits per heavy atom. The molecule has 5 nitrogen and oxygen atoms in total. The summed E-state index contributed by atoms with van der Waals surface area (Å²) in [4.78, 5) is 14.0. The van der Waals surface area contributed by atoms with Crippen LogP contribution in [0.25, 0.3) is 6.08 Å². The van der Waals surface area contributed by atoms with Crippen LogP contribution < -0.4 is 10.2 Å². The van der Waals surface area contributed by atoms with Crippen LogP contribution in [0.15, 0.2) is 66.9 Å². The van der Waals surface area contributed by atoms with Crippen molar-refractivity contribution in [1.29, 1.82) is 0 Å². The third kappa shape index (κ3) is 5.05. The summed E-state index contributed by atoms with van der Waals surface area (Å²) in [6, 6.07) is 18.7. The van der Waals surface area contributed by atoms with E-state index in [9.17, 15) is 0 Å². The molecule has 5 heteroatoms. The molecule has 1 saturated heterocycles. The lowest BCUT2D eigenvalue weighted by molar-refractivity contribution is 0.283. The van der Waals surface area contributed by atoms with E-state index < -0.39 is 0 Å². The van der Waals surface area contributed by atoms with Crippen molar-refractivity contribution in [3.05, 3.63) is 83.6 Å². The Labute approximate surface area is 179 Å². The van der Waals surface area contributed by atoms with Gasteiger partial charge in [0, 0.05) is 44.6 Å². The molecule has 0 spiro atoms. The highest BCUT2D eigenvalue weighted by Gasteiger charge is 2.18. The molecule has 1 aliphatic heterocycles. The standard InChI is InChI=1S/C25H29N5/c1-20-8-6-12-23(21(20)2)27-24-13-14-26-25(28-24)30-18-16-29(17-19-30)15-7-11-22-9-4-3-5-10-22/h3-14H,15-19H2,1-2H3,(H,26,27,28)/b11-7+. The van der Waals surface area contributed by atoms with E-state index in [1.165, 1.54) is 16.7 Å². The van der Waals surface area contributed by atoms with E-state index in [2.05, 4.69) is 88.6 Å². The summed E-state index contributed by atoms with van der Waals surface area (Å²) in [6.45, 7) is 9.12. The molecule has 0 saturated carbocycles. The van der Waals surface area contributed by atoms with Crippen LogP contribution >= 0.6 is 0 Å². The fraction of sp³-hybridized carbons (Fsp3) is 0.280. The van der Waals surface area contributed by atoms with Gasteiger partial charge >= 0.3 is 0 Å². The van der Waals surface area contributed by atoms with Crippen molar-refractivity contribution < 1.29 is 0 Å². The van der Waals surface area contributed by atoms with Gasteiger partial charge in [-0.05, 0) is 42.7 Å². The Morgan fingerprint density at radius 1 is 0.933 bits per heavy atom. The number of nitrogens with zero attached hydrogens (tertiary/aromatic N) is 4. The Hall–Kier alpha value is -3.18. The third-order valence-electron chi connectivity index (χ3n) is 5.64. The molecule has 4 rings (SSSR count). The van der Waals surface area contributed by atoms with Gasteiger partial charge in [0.05, 0.1) is 0 Å². The molecule has 1 fully saturated rings. The van der Waals surface area contributed by atoms with Gasteiger partial charge in [-0.2, -0.15) is 4.98 Å². The Bertz CT molecular complexity index is 991. The average Bonchev–Trinajstić information content (AvgIpc) is 2.78. The van der Waals surface area contributed by atoms with Crippen molar-refractivity contribution >= 4 is 23.5 Å². The molecule has 0 bridgehead atoms. The first kappa shape index (κ1) is 20.1. The quantitative estimate of drug-likeness (QED) is 0.652. The second-order valence-corrected chi connectivity index (χ2v) is 7.72. The van der Waals surface area contributed by atoms with Gasteiger partial charge in [0.2, 0.25) is 5.95 Å². The molecule has 0 aliphatic carbocycles. The van der Waals surface area contributed by atoms with Gasteiger partial charge in [0.15, 0.2) is 0 Å². The summed E-state index contributed by atoms with van der Waals surface area (Å²) in [6.07, 6.45) is 6.28. The zero-order valence-corrected chi connectivity index (χ0v) is 17.8. The summed E-state index contributed by atoms with van der Waals surface area (Å²) in [5.74, 6) is 1.63. The predicted octanol–water partition coefficient (Wildman–Crippen LogP) is 4.67. The van der Waals surface area contributed by atoms with Crippen molar-refractivity contribution in [1.82, 2.24) is 14.9 Å². The monoisotopic (exact) mass is 399 g/mol. The number of piperazine rings is 1. The third-order valence-corrected chi connectivity index (χ3v) is 5.64. The highest BCUT2D eigenvalue weighted by molar-refractivity contribution is 5.62. The van der Waals surface area contributed by atoms with E-state index >= 15 is 0 Å². The van der Waals surface area contributed by atoms with Crippen molar-refractivity contribution in [2.45, 2.75) is 13.8 Å². The number of rotatable bonds is 6. The SMILES string of the molecule is Cc1cccc(Nc2ccnc(N3CCN(C/C=C/c4ccccc4)CC3)n2)c1C. The molecular formula is C25H29N5. The molecule has 1 N–H and O–H groups in total. The highest BCUT2D eigenvalue weighted by Crippen LogP contribution is 2.22. The van der Waals surface area contributed by atoms with Crippen molar-refractivity contribution in [3.63, 3.8) is 0 Å². The van der Waals surface area contributed by atoms with E-state index in [4.69, 9.17) is 4.98 Å². The van der Waals surface area contributed by atoms with Gasteiger partial charge in [-0.3, -0.25) is 4.90 Å². The van der Waals surface area contributed by atoms with Crippen molar-refractivity contribution in [2.75, 3.05) is 42.9 Å². The Morgan fingerprint density at radius 3 is 2.53 bits per heavy atom. The van der Waals surface area contributed by atoms with E-state index in [-0.39, 0.29) is 0 Å². The Balaban J connectivity index is 1.33. The molecule has 0 amide bonds. The molecule has 154 valence electrons. The van der Waals surface area contributed by atoms with Crippen LogP contribution in [0.1, 0.15) is 16.7 Å². The number of anilines is 3.